The minimum absolute atomic E-state index is 0.405. The van der Waals surface area contributed by atoms with Gasteiger partial charge in [0.15, 0.2) is 0 Å². The number of benzene rings is 9. The lowest BCUT2D eigenvalue weighted by Crippen LogP contribution is -2.34. The second-order valence-corrected chi connectivity index (χ2v) is 16.2. The van der Waals surface area contributed by atoms with E-state index in [0.29, 0.717) is 0 Å². The van der Waals surface area contributed by atoms with Crippen molar-refractivity contribution in [2.75, 3.05) is 0 Å². The minimum atomic E-state index is -0.533. The van der Waals surface area contributed by atoms with Crippen LogP contribution in [0.1, 0.15) is 44.5 Å². The summed E-state index contributed by atoms with van der Waals surface area (Å²) in [7, 11) is 0. The summed E-state index contributed by atoms with van der Waals surface area (Å²) < 4.78 is 2.54. The highest BCUT2D eigenvalue weighted by atomic mass is 15.0. The maximum absolute atomic E-state index is 2.56. The quantitative estimate of drug-likeness (QED) is 0.159. The molecular weight excluding hydrogens is 687 g/mol. The van der Waals surface area contributed by atoms with Gasteiger partial charge >= 0.3 is 0 Å². The topological polar surface area (TPSA) is 4.93 Å². The summed E-state index contributed by atoms with van der Waals surface area (Å²) in [6.45, 7) is 0. The molecule has 262 valence electrons. The summed E-state index contributed by atoms with van der Waals surface area (Å²) in [5.41, 5.74) is 24.2. The van der Waals surface area contributed by atoms with Gasteiger partial charge in [-0.15, -0.1) is 0 Å². The van der Waals surface area contributed by atoms with Gasteiger partial charge in [-0.1, -0.05) is 182 Å². The van der Waals surface area contributed by atoms with Gasteiger partial charge in [0.05, 0.1) is 27.6 Å². The molecule has 0 amide bonds. The van der Waals surface area contributed by atoms with Crippen LogP contribution in [0, 0.1) is 0 Å². The molecular formula is C56H33N. The molecule has 1 aromatic heterocycles. The predicted molar refractivity (Wildman–Crippen MR) is 233 cm³/mol. The molecule has 1 unspecified atom stereocenters. The third-order valence-corrected chi connectivity index (χ3v) is 14.0. The predicted octanol–water partition coefficient (Wildman–Crippen LogP) is 13.5. The summed E-state index contributed by atoms with van der Waals surface area (Å²) in [6.07, 6.45) is 0. The molecule has 9 aromatic carbocycles. The maximum Gasteiger partial charge on any atom is 0.0760 e. The summed E-state index contributed by atoms with van der Waals surface area (Å²) >= 11 is 0. The average Bonchev–Trinajstić information content (AvgIpc) is 3.97. The molecule has 1 nitrogen and oxygen atoms in total. The Morgan fingerprint density at radius 1 is 0.298 bits per heavy atom. The Morgan fingerprint density at radius 2 is 0.772 bits per heavy atom. The summed E-state index contributed by atoms with van der Waals surface area (Å²) in [4.78, 5) is 0. The summed E-state index contributed by atoms with van der Waals surface area (Å²) in [6, 6.07) is 76.1. The van der Waals surface area contributed by atoms with Crippen LogP contribution in [-0.4, -0.2) is 4.57 Å². The van der Waals surface area contributed by atoms with Crippen LogP contribution in [0.3, 0.4) is 0 Å². The third-order valence-electron chi connectivity index (χ3n) is 14.0. The molecule has 10 aromatic rings. The van der Waals surface area contributed by atoms with Gasteiger partial charge in [0, 0.05) is 10.8 Å². The van der Waals surface area contributed by atoms with Gasteiger partial charge < -0.3 is 4.57 Å². The lowest BCUT2D eigenvalue weighted by molar-refractivity contribution is 0.750. The molecule has 57 heavy (non-hydrogen) atoms. The standard InChI is InChI=1S/C56H33N/c1-6-23-44-36(15-1)37-16-2-7-24-45(37)55(44)46-25-8-3-17-38(46)40-32-31-34(33-50(40)55)35-20-13-21-42-39-18-4-9-26-47(39)56(53(35)42)48-27-10-12-30-52(48)57-51-29-11-5-19-41(51)43-22-14-28-49(56)54(43)57/h1-33H. The van der Waals surface area contributed by atoms with Crippen LogP contribution in [0.15, 0.2) is 200 Å². The average molecular weight is 720 g/mol. The molecule has 4 aliphatic rings. The van der Waals surface area contributed by atoms with Gasteiger partial charge in [0.2, 0.25) is 0 Å². The summed E-state index contributed by atoms with van der Waals surface area (Å²) in [5, 5.41) is 2.60. The molecule has 2 spiro atoms. The highest BCUT2D eigenvalue weighted by Crippen LogP contribution is 2.65. The highest BCUT2D eigenvalue weighted by Gasteiger charge is 2.54. The van der Waals surface area contributed by atoms with Gasteiger partial charge in [0.25, 0.3) is 0 Å². The van der Waals surface area contributed by atoms with Crippen LogP contribution in [0.25, 0.3) is 72.0 Å². The Balaban J connectivity index is 1.12. The fourth-order valence-corrected chi connectivity index (χ4v) is 12.1. The van der Waals surface area contributed by atoms with E-state index in [-0.39, 0.29) is 0 Å². The van der Waals surface area contributed by atoms with E-state index in [1.165, 1.54) is 117 Å². The lowest BCUT2D eigenvalue weighted by Gasteiger charge is -2.40. The van der Waals surface area contributed by atoms with Crippen LogP contribution in [-0.2, 0) is 10.8 Å². The first-order chi connectivity index (χ1) is 28.3. The fourth-order valence-electron chi connectivity index (χ4n) is 12.1. The van der Waals surface area contributed by atoms with Crippen molar-refractivity contribution in [3.8, 4) is 50.2 Å². The smallest absolute Gasteiger partial charge is 0.0760 e. The van der Waals surface area contributed by atoms with Crippen LogP contribution < -0.4 is 0 Å². The van der Waals surface area contributed by atoms with Crippen molar-refractivity contribution in [3.05, 3.63) is 245 Å². The van der Waals surface area contributed by atoms with Crippen LogP contribution in [0.4, 0.5) is 0 Å². The Kier molecular flexibility index (Phi) is 5.45. The number of rotatable bonds is 1. The first-order valence-corrected chi connectivity index (χ1v) is 20.1. The molecule has 0 N–H and O–H groups in total. The number of aromatic nitrogens is 1. The normalized spacial score (nSPS) is 16.6. The molecule has 0 bridgehead atoms. The van der Waals surface area contributed by atoms with Crippen molar-refractivity contribution < 1.29 is 0 Å². The SMILES string of the molecule is c1ccc2c(c1)-c1ccccc1C21c2ccccc2-c2ccc(-c3cccc4c3C3(c5ccccc5-4)c4ccccc4-n4c5ccccc5c5cccc3c54)cc21. The zero-order valence-electron chi connectivity index (χ0n) is 31.0. The van der Waals surface area contributed by atoms with Crippen LogP contribution >= 0.6 is 0 Å². The first-order valence-electron chi connectivity index (χ1n) is 20.1. The van der Waals surface area contributed by atoms with Crippen molar-refractivity contribution in [2.45, 2.75) is 10.8 Å². The zero-order valence-corrected chi connectivity index (χ0v) is 31.0. The molecule has 0 radical (unpaired) electrons. The second-order valence-electron chi connectivity index (χ2n) is 16.2. The molecule has 0 saturated carbocycles. The third kappa shape index (κ3) is 3.30. The molecule has 0 saturated heterocycles. The summed E-state index contributed by atoms with van der Waals surface area (Å²) in [5.74, 6) is 0. The number of hydrogen-bond donors (Lipinski definition) is 0. The zero-order chi connectivity index (χ0) is 37.0. The van der Waals surface area contributed by atoms with Gasteiger partial charge in [-0.3, -0.25) is 0 Å². The lowest BCUT2D eigenvalue weighted by atomic mass is 9.64. The van der Waals surface area contributed by atoms with E-state index in [0.717, 1.165) is 0 Å². The van der Waals surface area contributed by atoms with Gasteiger partial charge in [-0.05, 0) is 107 Å². The fraction of sp³-hybridized carbons (Fsp3) is 0.0357. The van der Waals surface area contributed by atoms with E-state index < -0.39 is 10.8 Å². The van der Waals surface area contributed by atoms with E-state index in [9.17, 15) is 0 Å². The Labute approximate surface area is 330 Å². The Bertz CT molecular complexity index is 3370. The van der Waals surface area contributed by atoms with E-state index in [4.69, 9.17) is 0 Å². The van der Waals surface area contributed by atoms with E-state index in [2.05, 4.69) is 205 Å². The van der Waals surface area contributed by atoms with Gasteiger partial charge in [0.1, 0.15) is 0 Å². The maximum atomic E-state index is 2.56. The van der Waals surface area contributed by atoms with E-state index in [1.54, 1.807) is 0 Å². The minimum Gasteiger partial charge on any atom is -0.309 e. The molecule has 0 fully saturated rings. The highest BCUT2D eigenvalue weighted by molar-refractivity contribution is 6.13. The van der Waals surface area contributed by atoms with Gasteiger partial charge in [-0.25, -0.2) is 0 Å². The first kappa shape index (κ1) is 30.1. The monoisotopic (exact) mass is 719 g/mol. The molecule has 14 rings (SSSR count). The number of hydrogen-bond acceptors (Lipinski definition) is 0. The number of fused-ring (bicyclic) bond motifs is 22. The molecule has 1 atom stereocenters. The van der Waals surface area contributed by atoms with Crippen molar-refractivity contribution in [3.63, 3.8) is 0 Å². The Hall–Kier alpha value is -7.22. The van der Waals surface area contributed by atoms with Gasteiger partial charge in [-0.2, -0.15) is 0 Å². The molecule has 2 heterocycles. The molecule has 1 heteroatoms. The molecule has 3 aliphatic carbocycles. The van der Waals surface area contributed by atoms with Crippen molar-refractivity contribution in [1.29, 1.82) is 0 Å². The van der Waals surface area contributed by atoms with Crippen molar-refractivity contribution in [2.24, 2.45) is 0 Å². The largest absolute Gasteiger partial charge is 0.309 e. The number of nitrogens with zero attached hydrogens (tertiary/aromatic N) is 1. The van der Waals surface area contributed by atoms with E-state index in [1.807, 2.05) is 0 Å². The van der Waals surface area contributed by atoms with Crippen molar-refractivity contribution >= 4 is 21.8 Å². The Morgan fingerprint density at radius 3 is 1.47 bits per heavy atom. The molecule has 1 aliphatic heterocycles. The van der Waals surface area contributed by atoms with Crippen LogP contribution in [0.5, 0.6) is 0 Å². The second kappa shape index (κ2) is 10.3. The van der Waals surface area contributed by atoms with E-state index >= 15 is 0 Å². The van der Waals surface area contributed by atoms with Crippen LogP contribution in [0.2, 0.25) is 0 Å². The number of para-hydroxylation sites is 3. The van der Waals surface area contributed by atoms with Crippen molar-refractivity contribution in [1.82, 2.24) is 4.57 Å².